The van der Waals surface area contributed by atoms with Gasteiger partial charge in [-0.3, -0.25) is 14.4 Å². The molecule has 0 radical (unpaired) electrons. The smallest absolute Gasteiger partial charge is 0.449 e. The maximum Gasteiger partial charge on any atom is 0.449 e. The minimum atomic E-state index is 0. The number of carbonyl (C=O) groups is 3. The molecule has 0 aromatic carbocycles. The van der Waals surface area contributed by atoms with Crippen LogP contribution in [0.25, 0.3) is 17.8 Å². The molecule has 0 aliphatic carbocycles. The second-order valence-corrected chi connectivity index (χ2v) is 6.21. The van der Waals surface area contributed by atoms with Crippen LogP contribution >= 0.6 is 0 Å². The van der Waals surface area contributed by atoms with Crippen molar-refractivity contribution in [2.75, 3.05) is 0 Å². The van der Waals surface area contributed by atoms with Crippen molar-refractivity contribution >= 4 is 18.9 Å². The Morgan fingerprint density at radius 2 is 0.667 bits per heavy atom. The average Bonchev–Trinajstić information content (AvgIpc) is 2.84. The molecule has 0 bridgehead atoms. The van der Waals surface area contributed by atoms with Gasteiger partial charge in [0, 0.05) is 31.6 Å². The van der Waals surface area contributed by atoms with E-state index < -0.39 is 0 Å². The van der Waals surface area contributed by atoms with Crippen molar-refractivity contribution in [3.63, 3.8) is 0 Å². The molecular weight excluding hydrogens is 491 g/mol. The van der Waals surface area contributed by atoms with Crippen LogP contribution in [0.5, 0.6) is 0 Å². The molecule has 168 valence electrons. The van der Waals surface area contributed by atoms with Crippen LogP contribution in [0.15, 0.2) is 73.6 Å². The summed E-state index contributed by atoms with van der Waals surface area (Å²) in [5.41, 5.74) is 1.58. The minimum Gasteiger partial charge on any atom is -1.00 e. The third kappa shape index (κ3) is 6.19. The van der Waals surface area contributed by atoms with Gasteiger partial charge in [-0.15, -0.1) is 0 Å². The Morgan fingerprint density at radius 1 is 0.455 bits per heavy atom. The van der Waals surface area contributed by atoms with E-state index >= 15 is 0 Å². The number of aromatic nitrogens is 6. The van der Waals surface area contributed by atoms with Gasteiger partial charge in [-0.2, -0.15) is 0 Å². The van der Waals surface area contributed by atoms with Crippen LogP contribution in [0.2, 0.25) is 0 Å². The molecule has 0 N–H and O–H groups in total. The summed E-state index contributed by atoms with van der Waals surface area (Å²) >= 11 is 0. The second-order valence-electron chi connectivity index (χ2n) is 6.21. The summed E-state index contributed by atoms with van der Waals surface area (Å²) in [6.07, 6.45) is 12.3. The molecule has 0 aliphatic rings. The Labute approximate surface area is 207 Å². The number of pyridine rings is 3. The van der Waals surface area contributed by atoms with Gasteiger partial charge < -0.3 is 37.2 Å². The van der Waals surface area contributed by atoms with Gasteiger partial charge in [0.2, 0.25) is 0 Å². The summed E-state index contributed by atoms with van der Waals surface area (Å²) in [7, 11) is 0. The zero-order chi connectivity index (χ0) is 20.9. The van der Waals surface area contributed by atoms with Gasteiger partial charge in [0.25, 0.3) is 0 Å². The van der Waals surface area contributed by atoms with Crippen LogP contribution in [-0.4, -0.2) is 33.8 Å². The Kier molecular flexibility index (Phi) is 10.3. The standard InChI is InChI=1S/C21H15N6O3.3ClH/c28-13-16-1-7-25(8-2-16)19-22-20(26-9-3-17(14-29)4-10-26)24-21(23-19)27-11-5-18(15-30)6-12-27;;;/h1-15H;3*1H/q+3;;;/p-3. The molecule has 0 saturated heterocycles. The van der Waals surface area contributed by atoms with E-state index in [-0.39, 0.29) is 37.2 Å². The quantitative estimate of drug-likeness (QED) is 0.191. The number of hydrogen-bond donors (Lipinski definition) is 0. The lowest BCUT2D eigenvalue weighted by molar-refractivity contribution is -0.629. The Balaban J connectivity index is 0.00000181. The van der Waals surface area contributed by atoms with Gasteiger partial charge in [0.15, 0.2) is 0 Å². The minimum absolute atomic E-state index is 0. The first-order valence-corrected chi connectivity index (χ1v) is 8.87. The summed E-state index contributed by atoms with van der Waals surface area (Å²) in [4.78, 5) is 46.3. The molecule has 4 aromatic rings. The number of aldehydes is 3. The molecule has 4 aromatic heterocycles. The van der Waals surface area contributed by atoms with Crippen molar-refractivity contribution in [1.82, 2.24) is 15.0 Å². The lowest BCUT2D eigenvalue weighted by Crippen LogP contribution is -3.00. The molecule has 9 nitrogen and oxygen atoms in total. The van der Waals surface area contributed by atoms with Crippen molar-refractivity contribution in [1.29, 1.82) is 0 Å². The monoisotopic (exact) mass is 504 g/mol. The lowest BCUT2D eigenvalue weighted by Gasteiger charge is -2.00. The Bertz CT molecular complexity index is 1070. The zero-order valence-electron chi connectivity index (χ0n) is 16.7. The predicted molar refractivity (Wildman–Crippen MR) is 101 cm³/mol. The number of halogens is 3. The molecule has 33 heavy (non-hydrogen) atoms. The van der Waals surface area contributed by atoms with E-state index in [1.54, 1.807) is 87.3 Å². The van der Waals surface area contributed by atoms with Crippen molar-refractivity contribution in [3.05, 3.63) is 90.3 Å². The molecule has 0 saturated carbocycles. The van der Waals surface area contributed by atoms with Gasteiger partial charge in [0.1, 0.15) is 18.9 Å². The van der Waals surface area contributed by atoms with E-state index in [0.717, 1.165) is 18.9 Å². The van der Waals surface area contributed by atoms with Gasteiger partial charge >= 0.3 is 17.8 Å². The van der Waals surface area contributed by atoms with Crippen molar-refractivity contribution in [2.45, 2.75) is 0 Å². The van der Waals surface area contributed by atoms with Crippen molar-refractivity contribution in [3.8, 4) is 17.8 Å². The second kappa shape index (κ2) is 12.4. The molecule has 4 rings (SSSR count). The van der Waals surface area contributed by atoms with E-state index in [2.05, 4.69) is 15.0 Å². The topological polar surface area (TPSA) is 102 Å². The zero-order valence-corrected chi connectivity index (χ0v) is 19.0. The van der Waals surface area contributed by atoms with Crippen LogP contribution in [0.1, 0.15) is 31.1 Å². The third-order valence-electron chi connectivity index (χ3n) is 4.27. The molecule has 0 unspecified atom stereocenters. The van der Waals surface area contributed by atoms with E-state index in [4.69, 9.17) is 0 Å². The molecule has 0 amide bonds. The molecule has 12 heteroatoms. The largest absolute Gasteiger partial charge is 1.00 e. The highest BCUT2D eigenvalue weighted by Crippen LogP contribution is 2.00. The summed E-state index contributed by atoms with van der Waals surface area (Å²) in [5.74, 6) is 0.976. The van der Waals surface area contributed by atoms with Crippen LogP contribution in [0, 0.1) is 0 Å². The van der Waals surface area contributed by atoms with E-state index in [9.17, 15) is 14.4 Å². The predicted octanol–water partition coefficient (Wildman–Crippen LogP) is -8.85. The highest BCUT2D eigenvalue weighted by Gasteiger charge is 2.25. The number of hydrogen-bond acceptors (Lipinski definition) is 6. The van der Waals surface area contributed by atoms with Crippen LogP contribution < -0.4 is 50.9 Å². The molecule has 4 heterocycles. The molecule has 0 aliphatic heterocycles. The fourth-order valence-corrected chi connectivity index (χ4v) is 2.64. The summed E-state index contributed by atoms with van der Waals surface area (Å²) in [5, 5.41) is 0. The Hall–Kier alpha value is -3.66. The first kappa shape index (κ1) is 27.4. The molecule has 0 fully saturated rings. The van der Waals surface area contributed by atoms with Crippen LogP contribution in [-0.2, 0) is 0 Å². The first-order valence-electron chi connectivity index (χ1n) is 8.87. The summed E-state index contributed by atoms with van der Waals surface area (Å²) < 4.78 is 4.97. The third-order valence-corrected chi connectivity index (χ3v) is 4.27. The van der Waals surface area contributed by atoms with Crippen LogP contribution in [0.3, 0.4) is 0 Å². The summed E-state index contributed by atoms with van der Waals surface area (Å²) in [6, 6.07) is 9.88. The number of rotatable bonds is 6. The van der Waals surface area contributed by atoms with Crippen molar-refractivity contribution < 1.29 is 65.3 Å². The van der Waals surface area contributed by atoms with E-state index in [1.807, 2.05) is 0 Å². The average molecular weight is 506 g/mol. The van der Waals surface area contributed by atoms with E-state index in [1.165, 1.54) is 0 Å². The fraction of sp³-hybridized carbons (Fsp3) is 0. The van der Waals surface area contributed by atoms with E-state index in [0.29, 0.717) is 34.5 Å². The number of nitrogens with zero attached hydrogens (tertiary/aromatic N) is 6. The van der Waals surface area contributed by atoms with Gasteiger partial charge in [-0.1, -0.05) is 0 Å². The van der Waals surface area contributed by atoms with Crippen molar-refractivity contribution in [2.24, 2.45) is 0 Å². The molecule has 0 spiro atoms. The molecular formula is C21H15Cl3N6O3. The maximum absolute atomic E-state index is 10.9. The van der Waals surface area contributed by atoms with Gasteiger partial charge in [0.05, 0.1) is 37.2 Å². The van der Waals surface area contributed by atoms with Crippen LogP contribution in [0.4, 0.5) is 0 Å². The highest BCUT2D eigenvalue weighted by atomic mass is 35.5. The SMILES string of the molecule is O=Cc1cc[n+](-c2nc(-[n+]3ccc(C=O)cc3)nc(-[n+]3ccc(C=O)cc3)n2)cc1.[Cl-].[Cl-].[Cl-]. The fourth-order valence-electron chi connectivity index (χ4n) is 2.64. The van der Waals surface area contributed by atoms with Gasteiger partial charge in [-0.25, -0.2) is 13.7 Å². The first-order chi connectivity index (χ1) is 14.7. The molecule has 0 atom stereocenters. The number of carbonyl (C=O) groups excluding carboxylic acids is 3. The normalized spacial score (nSPS) is 9.45. The Morgan fingerprint density at radius 3 is 0.848 bits per heavy atom. The highest BCUT2D eigenvalue weighted by molar-refractivity contribution is 5.74. The lowest BCUT2D eigenvalue weighted by atomic mass is 10.3. The maximum atomic E-state index is 10.9. The summed E-state index contributed by atoms with van der Waals surface area (Å²) in [6.45, 7) is 0. The van der Waals surface area contributed by atoms with Gasteiger partial charge in [-0.05, 0) is 36.4 Å².